The number of nitrogen functional groups attached to an aromatic ring is 1. The zero-order chi connectivity index (χ0) is 19.4. The van der Waals surface area contributed by atoms with E-state index in [2.05, 4.69) is 33.8 Å². The molecule has 3 aromatic heterocycles. The van der Waals surface area contributed by atoms with Crippen LogP contribution in [-0.4, -0.2) is 42.6 Å². The Morgan fingerprint density at radius 2 is 2.11 bits per heavy atom. The molecule has 28 heavy (non-hydrogen) atoms. The normalized spacial score (nSPS) is 15.4. The smallest absolute Gasteiger partial charge is 0.223 e. The molecule has 1 aliphatic heterocycles. The van der Waals surface area contributed by atoms with Gasteiger partial charge in [-0.15, -0.1) is 16.4 Å². The molecule has 0 spiro atoms. The molecule has 8 nitrogen and oxygen atoms in total. The molecule has 0 radical (unpaired) electrons. The van der Waals surface area contributed by atoms with E-state index in [9.17, 15) is 0 Å². The second kappa shape index (κ2) is 6.39. The van der Waals surface area contributed by atoms with Crippen LogP contribution in [0.5, 0.6) is 5.75 Å². The molecule has 2 N–H and O–H groups in total. The van der Waals surface area contributed by atoms with Crippen LogP contribution in [0.15, 0.2) is 18.2 Å². The van der Waals surface area contributed by atoms with Gasteiger partial charge in [0.25, 0.3) is 0 Å². The molecule has 1 aromatic carbocycles. The molecule has 0 aliphatic carbocycles. The molecular weight excluding hydrogens is 374 g/mol. The van der Waals surface area contributed by atoms with Gasteiger partial charge in [-0.3, -0.25) is 4.90 Å². The summed E-state index contributed by atoms with van der Waals surface area (Å²) in [5, 5.41) is 6.64. The average Bonchev–Trinajstić information content (AvgIpc) is 3.34. The van der Waals surface area contributed by atoms with Gasteiger partial charge in [0, 0.05) is 35.8 Å². The molecule has 0 bridgehead atoms. The quantitative estimate of drug-likeness (QED) is 0.567. The maximum absolute atomic E-state index is 6.15. The van der Waals surface area contributed by atoms with Crippen molar-refractivity contribution in [2.45, 2.75) is 39.4 Å². The van der Waals surface area contributed by atoms with E-state index in [4.69, 9.17) is 15.5 Å². The van der Waals surface area contributed by atoms with Gasteiger partial charge in [-0.1, -0.05) is 6.07 Å². The van der Waals surface area contributed by atoms with Gasteiger partial charge in [-0.05, 0) is 26.0 Å². The number of hydrogen-bond acceptors (Lipinski definition) is 8. The minimum atomic E-state index is 0.300. The first-order chi connectivity index (χ1) is 13.5. The number of anilines is 1. The third-order valence-electron chi connectivity index (χ3n) is 5.24. The van der Waals surface area contributed by atoms with Crippen molar-refractivity contribution in [1.29, 1.82) is 0 Å². The molecule has 0 saturated carbocycles. The standard InChI is InChI=1S/C19H21N7OS/c1-10(25-8-13-15(9-25)28-11(2)21-13)7-16-22-18-12-5-4-6-14(27-3)17(12)23-19(20)26(18)24-16/h4-6,10H,7-9H2,1-3H3,(H2,20,23). The number of thiazole rings is 1. The number of nitrogens with zero attached hydrogens (tertiary/aromatic N) is 6. The number of aryl methyl sites for hydroxylation is 1. The Morgan fingerprint density at radius 3 is 2.89 bits per heavy atom. The third-order valence-corrected chi connectivity index (χ3v) is 6.24. The molecule has 1 aliphatic rings. The number of rotatable bonds is 4. The van der Waals surface area contributed by atoms with Crippen molar-refractivity contribution in [1.82, 2.24) is 29.5 Å². The lowest BCUT2D eigenvalue weighted by molar-refractivity contribution is 0.209. The Labute approximate surface area is 166 Å². The number of fused-ring (bicyclic) bond motifs is 4. The molecule has 9 heteroatoms. The van der Waals surface area contributed by atoms with Gasteiger partial charge in [0.2, 0.25) is 5.95 Å². The average molecular weight is 395 g/mol. The number of ether oxygens (including phenoxy) is 1. The van der Waals surface area contributed by atoms with Crippen molar-refractivity contribution in [3.05, 3.63) is 39.6 Å². The molecular formula is C19H21N7OS. The summed E-state index contributed by atoms with van der Waals surface area (Å²) in [6, 6.07) is 6.06. The minimum absolute atomic E-state index is 0.300. The molecule has 4 heterocycles. The lowest BCUT2D eigenvalue weighted by Crippen LogP contribution is -2.30. The van der Waals surface area contributed by atoms with E-state index in [1.807, 2.05) is 18.2 Å². The highest BCUT2D eigenvalue weighted by atomic mass is 32.1. The predicted molar refractivity (Wildman–Crippen MR) is 109 cm³/mol. The van der Waals surface area contributed by atoms with Crippen molar-refractivity contribution in [2.24, 2.45) is 0 Å². The second-order valence-electron chi connectivity index (χ2n) is 7.15. The third kappa shape index (κ3) is 2.70. The molecule has 1 unspecified atom stereocenters. The summed E-state index contributed by atoms with van der Waals surface area (Å²) in [4.78, 5) is 17.7. The summed E-state index contributed by atoms with van der Waals surface area (Å²) in [7, 11) is 1.62. The van der Waals surface area contributed by atoms with Crippen LogP contribution in [0.25, 0.3) is 16.6 Å². The first-order valence-corrected chi connectivity index (χ1v) is 10.0. The molecule has 0 saturated heterocycles. The highest BCUT2D eigenvalue weighted by Crippen LogP contribution is 2.30. The SMILES string of the molecule is COc1cccc2c1nc(N)n1nc(CC(C)N3Cc4nc(C)sc4C3)nc21. The van der Waals surface area contributed by atoms with Crippen LogP contribution in [0.3, 0.4) is 0 Å². The number of hydrogen-bond donors (Lipinski definition) is 1. The van der Waals surface area contributed by atoms with Crippen molar-refractivity contribution < 1.29 is 4.74 Å². The van der Waals surface area contributed by atoms with Crippen LogP contribution in [0.2, 0.25) is 0 Å². The number of aromatic nitrogens is 5. The van der Waals surface area contributed by atoms with Gasteiger partial charge in [0.1, 0.15) is 11.3 Å². The van der Waals surface area contributed by atoms with E-state index in [1.54, 1.807) is 23.0 Å². The number of benzene rings is 1. The topological polar surface area (TPSA) is 94.5 Å². The van der Waals surface area contributed by atoms with Crippen LogP contribution in [-0.2, 0) is 19.5 Å². The summed E-state index contributed by atoms with van der Waals surface area (Å²) in [5.74, 6) is 1.74. The van der Waals surface area contributed by atoms with Gasteiger partial charge < -0.3 is 10.5 Å². The Morgan fingerprint density at radius 1 is 1.25 bits per heavy atom. The van der Waals surface area contributed by atoms with Gasteiger partial charge in [0.05, 0.1) is 17.8 Å². The van der Waals surface area contributed by atoms with Gasteiger partial charge >= 0.3 is 0 Å². The summed E-state index contributed by atoms with van der Waals surface area (Å²) < 4.78 is 7.04. The fourth-order valence-corrected chi connectivity index (χ4v) is 4.79. The van der Waals surface area contributed by atoms with Crippen molar-refractivity contribution in [2.75, 3.05) is 12.8 Å². The molecule has 0 amide bonds. The zero-order valence-corrected chi connectivity index (χ0v) is 16.8. The van der Waals surface area contributed by atoms with Gasteiger partial charge in [-0.2, -0.15) is 4.52 Å². The maximum atomic E-state index is 6.15. The highest BCUT2D eigenvalue weighted by Gasteiger charge is 2.27. The van der Waals surface area contributed by atoms with Gasteiger partial charge in [-0.25, -0.2) is 15.0 Å². The summed E-state index contributed by atoms with van der Waals surface area (Å²) in [5.41, 5.74) is 8.77. The molecule has 5 rings (SSSR count). The second-order valence-corrected chi connectivity index (χ2v) is 8.44. The van der Waals surface area contributed by atoms with Crippen molar-refractivity contribution >= 4 is 33.8 Å². The highest BCUT2D eigenvalue weighted by molar-refractivity contribution is 7.11. The van der Waals surface area contributed by atoms with E-state index >= 15 is 0 Å². The zero-order valence-electron chi connectivity index (χ0n) is 16.0. The molecule has 144 valence electrons. The van der Waals surface area contributed by atoms with Crippen molar-refractivity contribution in [3.63, 3.8) is 0 Å². The number of para-hydroxylation sites is 1. The number of methoxy groups -OCH3 is 1. The largest absolute Gasteiger partial charge is 0.494 e. The van der Waals surface area contributed by atoms with Crippen LogP contribution in [0, 0.1) is 6.92 Å². The van der Waals surface area contributed by atoms with E-state index in [-0.39, 0.29) is 0 Å². The van der Waals surface area contributed by atoms with Gasteiger partial charge in [0.15, 0.2) is 11.5 Å². The first-order valence-electron chi connectivity index (χ1n) is 9.20. The fraction of sp³-hybridized carbons (Fsp3) is 0.368. The Kier molecular flexibility index (Phi) is 3.95. The van der Waals surface area contributed by atoms with Crippen LogP contribution >= 0.6 is 11.3 Å². The Hall–Kier alpha value is -2.78. The first kappa shape index (κ1) is 17.3. The van der Waals surface area contributed by atoms with E-state index < -0.39 is 0 Å². The summed E-state index contributed by atoms with van der Waals surface area (Å²) >= 11 is 1.79. The van der Waals surface area contributed by atoms with E-state index in [1.165, 1.54) is 10.6 Å². The molecule has 0 fully saturated rings. The molecule has 1 atom stereocenters. The predicted octanol–water partition coefficient (Wildman–Crippen LogP) is 2.58. The summed E-state index contributed by atoms with van der Waals surface area (Å²) in [6.45, 7) is 6.10. The fourth-order valence-electron chi connectivity index (χ4n) is 3.82. The van der Waals surface area contributed by atoms with E-state index in [0.29, 0.717) is 28.9 Å². The lowest BCUT2D eigenvalue weighted by atomic mass is 10.2. The van der Waals surface area contributed by atoms with E-state index in [0.717, 1.165) is 35.7 Å². The Bertz CT molecular complexity index is 1170. The lowest BCUT2D eigenvalue weighted by Gasteiger charge is -2.22. The van der Waals surface area contributed by atoms with Crippen molar-refractivity contribution in [3.8, 4) is 5.75 Å². The summed E-state index contributed by atoms with van der Waals surface area (Å²) in [6.07, 6.45) is 0.737. The minimum Gasteiger partial charge on any atom is -0.494 e. The van der Waals surface area contributed by atoms with Crippen LogP contribution in [0.4, 0.5) is 5.95 Å². The monoisotopic (exact) mass is 395 g/mol. The van der Waals surface area contributed by atoms with Crippen LogP contribution in [0.1, 0.15) is 28.3 Å². The van der Waals surface area contributed by atoms with Crippen LogP contribution < -0.4 is 10.5 Å². The maximum Gasteiger partial charge on any atom is 0.223 e. The number of nitrogens with two attached hydrogens (primary N) is 1. The Balaban J connectivity index is 1.46. The molecule has 4 aromatic rings.